The fourth-order valence-electron chi connectivity index (χ4n) is 1.84. The van der Waals surface area contributed by atoms with E-state index >= 15 is 0 Å². The van der Waals surface area contributed by atoms with Crippen LogP contribution in [0.25, 0.3) is 0 Å². The monoisotopic (exact) mass is 371 g/mol. The Hall–Kier alpha value is -1.24. The summed E-state index contributed by atoms with van der Waals surface area (Å²) in [5.41, 5.74) is 1.37. The number of alkyl halides is 1. The molecule has 0 bridgehead atoms. The molecule has 0 heterocycles. The predicted molar refractivity (Wildman–Crippen MR) is 84.4 cm³/mol. The van der Waals surface area contributed by atoms with E-state index in [4.69, 9.17) is 0 Å². The minimum atomic E-state index is -3.64. The van der Waals surface area contributed by atoms with Gasteiger partial charge in [0.25, 0.3) is 0 Å². The molecule has 0 aromatic heterocycles. The molecule has 0 saturated heterocycles. The molecule has 2 aromatic carbocycles. The minimum Gasteiger partial charge on any atom is -0.207 e. The first kappa shape index (κ1) is 16.1. The quantitative estimate of drug-likeness (QED) is 0.792. The van der Waals surface area contributed by atoms with Crippen molar-refractivity contribution in [2.24, 2.45) is 0 Å². The van der Waals surface area contributed by atoms with Crippen LogP contribution in [0.15, 0.2) is 53.4 Å². The van der Waals surface area contributed by atoms with Gasteiger partial charge in [0, 0.05) is 17.4 Å². The summed E-state index contributed by atoms with van der Waals surface area (Å²) in [6, 6.07) is 12.8. The molecule has 0 fully saturated rings. The molecule has 112 valence electrons. The zero-order valence-corrected chi connectivity index (χ0v) is 13.6. The molecule has 1 N–H and O–H groups in total. The Labute approximate surface area is 132 Å². The Bertz CT molecular complexity index is 702. The second-order valence-electron chi connectivity index (χ2n) is 4.50. The van der Waals surface area contributed by atoms with Gasteiger partial charge < -0.3 is 0 Å². The summed E-state index contributed by atoms with van der Waals surface area (Å²) in [7, 11) is -3.64. The zero-order valence-electron chi connectivity index (χ0n) is 11.2. The first-order valence-electron chi connectivity index (χ1n) is 6.41. The smallest absolute Gasteiger partial charge is 0.207 e. The topological polar surface area (TPSA) is 46.2 Å². The van der Waals surface area contributed by atoms with Crippen LogP contribution in [0.2, 0.25) is 0 Å². The zero-order chi connectivity index (χ0) is 15.3. The lowest BCUT2D eigenvalue weighted by Gasteiger charge is -2.08. The molecule has 0 aliphatic rings. The lowest BCUT2D eigenvalue weighted by molar-refractivity contribution is 0.574. The molecule has 0 spiro atoms. The van der Waals surface area contributed by atoms with Gasteiger partial charge in [-0.15, -0.1) is 0 Å². The van der Waals surface area contributed by atoms with E-state index in [1.807, 2.05) is 0 Å². The van der Waals surface area contributed by atoms with E-state index in [1.54, 1.807) is 42.5 Å². The van der Waals surface area contributed by atoms with Gasteiger partial charge in [-0.05, 0) is 30.2 Å². The van der Waals surface area contributed by atoms with E-state index in [2.05, 4.69) is 20.7 Å². The van der Waals surface area contributed by atoms with Crippen molar-refractivity contribution in [2.45, 2.75) is 17.9 Å². The average molecular weight is 372 g/mol. The second kappa shape index (κ2) is 7.15. The maximum absolute atomic E-state index is 13.5. The van der Waals surface area contributed by atoms with Crippen LogP contribution in [0, 0.1) is 5.82 Å². The highest BCUT2D eigenvalue weighted by Crippen LogP contribution is 2.13. The minimum absolute atomic E-state index is 0.0713. The van der Waals surface area contributed by atoms with Crippen molar-refractivity contribution >= 4 is 26.0 Å². The van der Waals surface area contributed by atoms with Crippen molar-refractivity contribution in [1.82, 2.24) is 4.72 Å². The number of sulfonamides is 1. The summed E-state index contributed by atoms with van der Waals surface area (Å²) in [6.45, 7) is -0.0713. The van der Waals surface area contributed by atoms with Gasteiger partial charge >= 0.3 is 0 Å². The van der Waals surface area contributed by atoms with E-state index in [-0.39, 0.29) is 11.4 Å². The number of nitrogens with one attached hydrogen (secondary N) is 1. The Morgan fingerprint density at radius 3 is 2.33 bits per heavy atom. The molecule has 0 unspecified atom stereocenters. The molecular weight excluding hydrogens is 357 g/mol. The van der Waals surface area contributed by atoms with Crippen LogP contribution in [0.5, 0.6) is 0 Å². The van der Waals surface area contributed by atoms with Gasteiger partial charge in [-0.3, -0.25) is 0 Å². The Morgan fingerprint density at radius 1 is 1.05 bits per heavy atom. The molecule has 6 heteroatoms. The molecule has 2 aromatic rings. The normalized spacial score (nSPS) is 11.5. The highest BCUT2D eigenvalue weighted by atomic mass is 79.9. The maximum atomic E-state index is 13.5. The molecule has 0 amide bonds. The number of hydrogen-bond acceptors (Lipinski definition) is 2. The van der Waals surface area contributed by atoms with Crippen LogP contribution >= 0.6 is 15.9 Å². The Balaban J connectivity index is 2.09. The molecule has 0 atom stereocenters. The van der Waals surface area contributed by atoms with Crippen LogP contribution in [0.3, 0.4) is 0 Å². The third-order valence-electron chi connectivity index (χ3n) is 3.03. The van der Waals surface area contributed by atoms with Gasteiger partial charge in [0.1, 0.15) is 5.82 Å². The van der Waals surface area contributed by atoms with Gasteiger partial charge in [-0.2, -0.15) is 0 Å². The first-order valence-corrected chi connectivity index (χ1v) is 9.01. The van der Waals surface area contributed by atoms with Gasteiger partial charge in [0.05, 0.1) is 4.90 Å². The van der Waals surface area contributed by atoms with Crippen molar-refractivity contribution in [3.8, 4) is 0 Å². The van der Waals surface area contributed by atoms with Crippen molar-refractivity contribution in [2.75, 3.05) is 5.33 Å². The van der Waals surface area contributed by atoms with Crippen molar-refractivity contribution in [1.29, 1.82) is 0 Å². The van der Waals surface area contributed by atoms with Gasteiger partial charge in [-0.25, -0.2) is 17.5 Å². The van der Waals surface area contributed by atoms with Crippen LogP contribution in [0.4, 0.5) is 4.39 Å². The van der Waals surface area contributed by atoms with E-state index in [0.717, 1.165) is 17.3 Å². The fourth-order valence-corrected chi connectivity index (χ4v) is 3.31. The number of aryl methyl sites for hydroxylation is 1. The molecular formula is C15H15BrFNO2S. The Morgan fingerprint density at radius 2 is 1.71 bits per heavy atom. The summed E-state index contributed by atoms with van der Waals surface area (Å²) in [6.07, 6.45) is 0.836. The summed E-state index contributed by atoms with van der Waals surface area (Å²) in [5, 5.41) is 0.824. The lowest BCUT2D eigenvalue weighted by atomic mass is 10.2. The van der Waals surface area contributed by atoms with Gasteiger partial charge in [0.15, 0.2) is 0 Å². The van der Waals surface area contributed by atoms with Crippen LogP contribution in [-0.2, 0) is 23.0 Å². The van der Waals surface area contributed by atoms with Gasteiger partial charge in [0.2, 0.25) is 10.0 Å². The standard InChI is InChI=1S/C15H15BrFNO2S/c16-10-9-12-5-7-14(8-6-12)21(19,20)18-11-13-3-1-2-4-15(13)17/h1-8,18H,9-11H2. The van der Waals surface area contributed by atoms with Crippen LogP contribution < -0.4 is 4.72 Å². The van der Waals surface area contributed by atoms with Crippen molar-refractivity contribution in [3.05, 3.63) is 65.5 Å². The van der Waals surface area contributed by atoms with Crippen LogP contribution in [0.1, 0.15) is 11.1 Å². The van der Waals surface area contributed by atoms with Crippen molar-refractivity contribution in [3.63, 3.8) is 0 Å². The van der Waals surface area contributed by atoms with Gasteiger partial charge in [-0.1, -0.05) is 46.3 Å². The average Bonchev–Trinajstić information content (AvgIpc) is 2.47. The van der Waals surface area contributed by atoms with E-state index in [9.17, 15) is 12.8 Å². The molecule has 3 nitrogen and oxygen atoms in total. The van der Waals surface area contributed by atoms with E-state index < -0.39 is 15.8 Å². The molecule has 21 heavy (non-hydrogen) atoms. The summed E-state index contributed by atoms with van der Waals surface area (Å²) >= 11 is 3.34. The fraction of sp³-hybridized carbons (Fsp3) is 0.200. The first-order chi connectivity index (χ1) is 10.0. The highest BCUT2D eigenvalue weighted by molar-refractivity contribution is 9.09. The third-order valence-corrected chi connectivity index (χ3v) is 4.84. The summed E-state index contributed by atoms with van der Waals surface area (Å²) in [5.74, 6) is -0.423. The number of benzene rings is 2. The molecule has 0 aliphatic heterocycles. The highest BCUT2D eigenvalue weighted by Gasteiger charge is 2.14. The SMILES string of the molecule is O=S(=O)(NCc1ccccc1F)c1ccc(CCBr)cc1. The lowest BCUT2D eigenvalue weighted by Crippen LogP contribution is -2.23. The third kappa shape index (κ3) is 4.36. The predicted octanol–water partition coefficient (Wildman–Crippen LogP) is 3.24. The molecule has 0 radical (unpaired) electrons. The Kier molecular flexibility index (Phi) is 5.50. The summed E-state index contributed by atoms with van der Waals surface area (Å²) < 4.78 is 40.2. The maximum Gasteiger partial charge on any atom is 0.240 e. The van der Waals surface area contributed by atoms with E-state index in [0.29, 0.717) is 5.56 Å². The molecule has 2 rings (SSSR count). The number of halogens is 2. The number of hydrogen-bond donors (Lipinski definition) is 1. The van der Waals surface area contributed by atoms with Crippen molar-refractivity contribution < 1.29 is 12.8 Å². The second-order valence-corrected chi connectivity index (χ2v) is 7.06. The largest absolute Gasteiger partial charge is 0.240 e. The van der Waals surface area contributed by atoms with E-state index in [1.165, 1.54) is 6.07 Å². The summed E-state index contributed by atoms with van der Waals surface area (Å²) in [4.78, 5) is 0.178. The molecule has 0 saturated carbocycles. The number of rotatable bonds is 6. The molecule has 0 aliphatic carbocycles. The van der Waals surface area contributed by atoms with Crippen LogP contribution in [-0.4, -0.2) is 13.7 Å².